The molecular formula is C18H19NO2. The molecule has 2 aromatic rings. The standard InChI is InChI=1S/C18H19NO2/c1-18(2,3)17(21)19-16(20)15-12-8-7-11-14(15)13-9-5-4-6-10-13/h4-12H,1-3H3,(H,19,20,21). The van der Waals surface area contributed by atoms with Gasteiger partial charge in [-0.15, -0.1) is 0 Å². The van der Waals surface area contributed by atoms with Gasteiger partial charge in [-0.3, -0.25) is 14.9 Å². The zero-order valence-electron chi connectivity index (χ0n) is 12.5. The van der Waals surface area contributed by atoms with E-state index in [1.54, 1.807) is 32.9 Å². The van der Waals surface area contributed by atoms with Gasteiger partial charge in [-0.05, 0) is 17.2 Å². The lowest BCUT2D eigenvalue weighted by Crippen LogP contribution is -2.39. The summed E-state index contributed by atoms with van der Waals surface area (Å²) in [5, 5.41) is 2.47. The fraction of sp³-hybridized carbons (Fsp3) is 0.222. The molecule has 0 aliphatic carbocycles. The average Bonchev–Trinajstić information content (AvgIpc) is 2.47. The van der Waals surface area contributed by atoms with Gasteiger partial charge < -0.3 is 0 Å². The van der Waals surface area contributed by atoms with Crippen molar-refractivity contribution in [2.75, 3.05) is 0 Å². The van der Waals surface area contributed by atoms with Crippen molar-refractivity contribution in [3.05, 3.63) is 60.2 Å². The molecule has 21 heavy (non-hydrogen) atoms. The second-order valence-corrected chi connectivity index (χ2v) is 5.94. The Bertz CT molecular complexity index is 654. The van der Waals surface area contributed by atoms with Crippen LogP contribution in [-0.2, 0) is 4.79 Å². The number of carbonyl (C=O) groups is 2. The summed E-state index contributed by atoms with van der Waals surface area (Å²) in [5.74, 6) is -0.648. The van der Waals surface area contributed by atoms with Crippen LogP contribution in [0.5, 0.6) is 0 Å². The molecule has 0 aliphatic heterocycles. The van der Waals surface area contributed by atoms with Crippen molar-refractivity contribution in [2.24, 2.45) is 5.41 Å². The number of amides is 2. The van der Waals surface area contributed by atoms with Gasteiger partial charge >= 0.3 is 0 Å². The topological polar surface area (TPSA) is 46.2 Å². The maximum absolute atomic E-state index is 12.4. The van der Waals surface area contributed by atoms with Crippen LogP contribution in [0.25, 0.3) is 11.1 Å². The van der Waals surface area contributed by atoms with Crippen molar-refractivity contribution >= 4 is 11.8 Å². The van der Waals surface area contributed by atoms with Crippen LogP contribution < -0.4 is 5.32 Å². The summed E-state index contributed by atoms with van der Waals surface area (Å²) in [6.45, 7) is 5.33. The molecule has 0 aromatic heterocycles. The van der Waals surface area contributed by atoms with Crippen molar-refractivity contribution in [1.82, 2.24) is 5.32 Å². The molecule has 0 aliphatic rings. The fourth-order valence-corrected chi connectivity index (χ4v) is 1.91. The van der Waals surface area contributed by atoms with E-state index in [9.17, 15) is 9.59 Å². The smallest absolute Gasteiger partial charge is 0.258 e. The first-order valence-electron chi connectivity index (χ1n) is 6.90. The Morgan fingerprint density at radius 1 is 0.857 bits per heavy atom. The zero-order chi connectivity index (χ0) is 15.5. The van der Waals surface area contributed by atoms with Crippen molar-refractivity contribution in [3.8, 4) is 11.1 Å². The van der Waals surface area contributed by atoms with E-state index in [4.69, 9.17) is 0 Å². The molecule has 3 nitrogen and oxygen atoms in total. The molecule has 3 heteroatoms. The summed E-state index contributed by atoms with van der Waals surface area (Å²) in [6, 6.07) is 16.9. The summed E-state index contributed by atoms with van der Waals surface area (Å²) in [7, 11) is 0. The Kier molecular flexibility index (Phi) is 4.22. The molecule has 0 unspecified atom stereocenters. The summed E-state index contributed by atoms with van der Waals surface area (Å²) < 4.78 is 0. The van der Waals surface area contributed by atoms with E-state index in [-0.39, 0.29) is 11.8 Å². The maximum atomic E-state index is 12.4. The molecule has 0 bridgehead atoms. The molecule has 0 radical (unpaired) electrons. The molecule has 0 spiro atoms. The lowest BCUT2D eigenvalue weighted by Gasteiger charge is -2.17. The lowest BCUT2D eigenvalue weighted by atomic mass is 9.95. The Hall–Kier alpha value is -2.42. The Morgan fingerprint density at radius 3 is 2.05 bits per heavy atom. The van der Waals surface area contributed by atoms with E-state index in [1.165, 1.54) is 0 Å². The van der Waals surface area contributed by atoms with Gasteiger partial charge in [0.1, 0.15) is 0 Å². The monoisotopic (exact) mass is 281 g/mol. The van der Waals surface area contributed by atoms with Gasteiger partial charge in [-0.1, -0.05) is 69.3 Å². The summed E-state index contributed by atoms with van der Waals surface area (Å²) in [6.07, 6.45) is 0. The molecule has 2 rings (SSSR count). The van der Waals surface area contributed by atoms with Crippen LogP contribution in [-0.4, -0.2) is 11.8 Å². The third-order valence-corrected chi connectivity index (χ3v) is 3.16. The Balaban J connectivity index is 2.33. The van der Waals surface area contributed by atoms with Gasteiger partial charge in [0, 0.05) is 11.0 Å². The van der Waals surface area contributed by atoms with Crippen molar-refractivity contribution in [1.29, 1.82) is 0 Å². The fourth-order valence-electron chi connectivity index (χ4n) is 1.91. The predicted octanol–water partition coefficient (Wildman–Crippen LogP) is 3.66. The highest BCUT2D eigenvalue weighted by atomic mass is 16.2. The molecule has 0 heterocycles. The largest absolute Gasteiger partial charge is 0.292 e. The SMILES string of the molecule is CC(C)(C)C(=O)NC(=O)c1ccccc1-c1ccccc1. The minimum atomic E-state index is -0.600. The number of nitrogens with one attached hydrogen (secondary N) is 1. The van der Waals surface area contributed by atoms with Gasteiger partial charge in [0.2, 0.25) is 5.91 Å². The van der Waals surface area contributed by atoms with Crippen LogP contribution in [0.15, 0.2) is 54.6 Å². The molecule has 0 fully saturated rings. The summed E-state index contributed by atoms with van der Waals surface area (Å²) in [4.78, 5) is 24.3. The number of rotatable bonds is 2. The van der Waals surface area contributed by atoms with Crippen LogP contribution in [0, 0.1) is 5.41 Å². The molecule has 108 valence electrons. The highest BCUT2D eigenvalue weighted by molar-refractivity contribution is 6.09. The first-order chi connectivity index (χ1) is 9.89. The first kappa shape index (κ1) is 15.0. The van der Waals surface area contributed by atoms with Crippen LogP contribution in [0.3, 0.4) is 0 Å². The third kappa shape index (κ3) is 3.57. The van der Waals surface area contributed by atoms with Gasteiger partial charge in [0.25, 0.3) is 5.91 Å². The van der Waals surface area contributed by atoms with Gasteiger partial charge in [-0.25, -0.2) is 0 Å². The van der Waals surface area contributed by atoms with Crippen LogP contribution in [0.2, 0.25) is 0 Å². The minimum Gasteiger partial charge on any atom is -0.292 e. The quantitative estimate of drug-likeness (QED) is 0.913. The van der Waals surface area contributed by atoms with Crippen molar-refractivity contribution in [3.63, 3.8) is 0 Å². The lowest BCUT2D eigenvalue weighted by molar-refractivity contribution is -0.127. The van der Waals surface area contributed by atoms with Gasteiger partial charge in [-0.2, -0.15) is 0 Å². The third-order valence-electron chi connectivity index (χ3n) is 3.16. The number of carbonyl (C=O) groups excluding carboxylic acids is 2. The molecule has 2 amide bonds. The molecular weight excluding hydrogens is 262 g/mol. The summed E-state index contributed by atoms with van der Waals surface area (Å²) in [5.41, 5.74) is 1.67. The highest BCUT2D eigenvalue weighted by Crippen LogP contribution is 2.23. The van der Waals surface area contributed by atoms with E-state index in [1.807, 2.05) is 42.5 Å². The van der Waals surface area contributed by atoms with E-state index in [2.05, 4.69) is 5.32 Å². The normalized spacial score (nSPS) is 11.0. The van der Waals surface area contributed by atoms with Crippen LogP contribution in [0.1, 0.15) is 31.1 Å². The second-order valence-electron chi connectivity index (χ2n) is 5.94. The number of hydrogen-bond donors (Lipinski definition) is 1. The molecule has 1 N–H and O–H groups in total. The van der Waals surface area contributed by atoms with Crippen molar-refractivity contribution < 1.29 is 9.59 Å². The zero-order valence-corrected chi connectivity index (χ0v) is 12.5. The van der Waals surface area contributed by atoms with Crippen LogP contribution in [0.4, 0.5) is 0 Å². The number of hydrogen-bond acceptors (Lipinski definition) is 2. The molecule has 0 saturated carbocycles. The van der Waals surface area contributed by atoms with Gasteiger partial charge in [0.15, 0.2) is 0 Å². The number of benzene rings is 2. The predicted molar refractivity (Wildman–Crippen MR) is 83.8 cm³/mol. The molecule has 0 atom stereocenters. The Labute approximate surface area is 125 Å². The van der Waals surface area contributed by atoms with Crippen LogP contribution >= 0.6 is 0 Å². The maximum Gasteiger partial charge on any atom is 0.258 e. The highest BCUT2D eigenvalue weighted by Gasteiger charge is 2.24. The Morgan fingerprint density at radius 2 is 1.43 bits per heavy atom. The average molecular weight is 281 g/mol. The van der Waals surface area contributed by atoms with E-state index in [0.717, 1.165) is 11.1 Å². The first-order valence-corrected chi connectivity index (χ1v) is 6.90. The molecule has 0 saturated heterocycles. The second kappa shape index (κ2) is 5.92. The molecule has 2 aromatic carbocycles. The van der Waals surface area contributed by atoms with Crippen molar-refractivity contribution in [2.45, 2.75) is 20.8 Å². The summed E-state index contributed by atoms with van der Waals surface area (Å²) >= 11 is 0. The minimum absolute atomic E-state index is 0.282. The van der Waals surface area contributed by atoms with E-state index < -0.39 is 5.41 Å². The number of imide groups is 1. The van der Waals surface area contributed by atoms with E-state index in [0.29, 0.717) is 5.56 Å². The van der Waals surface area contributed by atoms with Gasteiger partial charge in [0.05, 0.1) is 0 Å². The van der Waals surface area contributed by atoms with E-state index >= 15 is 0 Å².